The van der Waals surface area contributed by atoms with E-state index in [2.05, 4.69) is 10.2 Å². The highest BCUT2D eigenvalue weighted by Crippen LogP contribution is 2.26. The van der Waals surface area contributed by atoms with Gasteiger partial charge in [-0.25, -0.2) is 4.79 Å². The van der Waals surface area contributed by atoms with Crippen molar-refractivity contribution >= 4 is 17.6 Å². The molecule has 0 unspecified atom stereocenters. The van der Waals surface area contributed by atoms with Crippen LogP contribution in [0.25, 0.3) is 11.5 Å². The fourth-order valence-corrected chi connectivity index (χ4v) is 2.32. The molecule has 0 radical (unpaired) electrons. The van der Waals surface area contributed by atoms with E-state index in [1.807, 2.05) is 12.1 Å². The van der Waals surface area contributed by atoms with Crippen molar-refractivity contribution in [2.24, 2.45) is 0 Å². The number of benzene rings is 2. The molecule has 0 aliphatic rings. The minimum absolute atomic E-state index is 0.107. The summed E-state index contributed by atoms with van der Waals surface area (Å²) in [4.78, 5) is 11.6. The van der Waals surface area contributed by atoms with Gasteiger partial charge in [0.2, 0.25) is 5.89 Å². The van der Waals surface area contributed by atoms with Crippen LogP contribution in [-0.2, 0) is 11.3 Å². The van der Waals surface area contributed by atoms with Crippen molar-refractivity contribution in [3.8, 4) is 17.2 Å². The van der Waals surface area contributed by atoms with Gasteiger partial charge >= 0.3 is 5.97 Å². The van der Waals surface area contributed by atoms with E-state index in [4.69, 9.17) is 25.5 Å². The molecule has 25 heavy (non-hydrogen) atoms. The summed E-state index contributed by atoms with van der Waals surface area (Å²) >= 11 is 6.11. The minimum atomic E-state index is -0.365. The molecule has 0 atom stereocenters. The van der Waals surface area contributed by atoms with Crippen LogP contribution in [-0.4, -0.2) is 22.8 Å². The van der Waals surface area contributed by atoms with Crippen LogP contribution in [0.1, 0.15) is 23.2 Å². The molecule has 0 fully saturated rings. The van der Waals surface area contributed by atoms with Gasteiger partial charge in [0, 0.05) is 0 Å². The molecule has 0 aliphatic heterocycles. The van der Waals surface area contributed by atoms with Crippen LogP contribution in [0, 0.1) is 0 Å². The van der Waals surface area contributed by atoms with Crippen molar-refractivity contribution in [2.75, 3.05) is 6.61 Å². The van der Waals surface area contributed by atoms with E-state index in [9.17, 15) is 4.79 Å². The standard InChI is InChI=1S/C18H15ClN2O4/c1-2-23-18(22)12-7-9-13(10-8-12)24-11-16-20-21-17(25-16)14-5-3-4-6-15(14)19/h3-10H,2,11H2,1H3. The lowest BCUT2D eigenvalue weighted by Crippen LogP contribution is -2.04. The summed E-state index contributed by atoms with van der Waals surface area (Å²) in [6.07, 6.45) is 0. The first kappa shape index (κ1) is 17.0. The van der Waals surface area contributed by atoms with E-state index >= 15 is 0 Å². The van der Waals surface area contributed by atoms with Gasteiger partial charge in [0.05, 0.1) is 22.8 Å². The lowest BCUT2D eigenvalue weighted by atomic mass is 10.2. The smallest absolute Gasteiger partial charge is 0.338 e. The number of halogens is 1. The molecule has 3 aromatic rings. The second-order valence-corrected chi connectivity index (χ2v) is 5.42. The molecular formula is C18H15ClN2O4. The molecule has 2 aromatic carbocycles. The van der Waals surface area contributed by atoms with Crippen LogP contribution in [0.2, 0.25) is 5.02 Å². The highest BCUT2D eigenvalue weighted by Gasteiger charge is 2.12. The Hall–Kier alpha value is -2.86. The molecule has 0 aliphatic carbocycles. The highest BCUT2D eigenvalue weighted by atomic mass is 35.5. The second kappa shape index (κ2) is 7.81. The van der Waals surface area contributed by atoms with Crippen molar-refractivity contribution in [1.29, 1.82) is 0 Å². The molecule has 0 bridgehead atoms. The Labute approximate surface area is 149 Å². The van der Waals surface area contributed by atoms with E-state index < -0.39 is 0 Å². The lowest BCUT2D eigenvalue weighted by Gasteiger charge is -2.05. The van der Waals surface area contributed by atoms with Crippen molar-refractivity contribution in [1.82, 2.24) is 10.2 Å². The molecule has 0 N–H and O–H groups in total. The summed E-state index contributed by atoms with van der Waals surface area (Å²) in [7, 11) is 0. The van der Waals surface area contributed by atoms with E-state index in [1.54, 1.807) is 43.3 Å². The Morgan fingerprint density at radius 1 is 1.12 bits per heavy atom. The van der Waals surface area contributed by atoms with Crippen LogP contribution in [0.15, 0.2) is 52.9 Å². The number of aromatic nitrogens is 2. The Bertz CT molecular complexity index is 862. The largest absolute Gasteiger partial charge is 0.484 e. The third-order valence-corrected chi connectivity index (χ3v) is 3.63. The van der Waals surface area contributed by atoms with Crippen LogP contribution < -0.4 is 4.74 Å². The number of hydrogen-bond acceptors (Lipinski definition) is 6. The number of rotatable bonds is 6. The molecule has 1 heterocycles. The van der Waals surface area contributed by atoms with Crippen molar-refractivity contribution in [2.45, 2.75) is 13.5 Å². The Kier molecular flexibility index (Phi) is 5.30. The molecule has 0 amide bonds. The van der Waals surface area contributed by atoms with Gasteiger partial charge in [0.15, 0.2) is 6.61 Å². The zero-order valence-electron chi connectivity index (χ0n) is 13.4. The third kappa shape index (κ3) is 4.16. The number of carbonyl (C=O) groups is 1. The number of esters is 1. The summed E-state index contributed by atoms with van der Waals surface area (Å²) in [5, 5.41) is 8.45. The predicted molar refractivity (Wildman–Crippen MR) is 91.5 cm³/mol. The normalized spacial score (nSPS) is 10.5. The Morgan fingerprint density at radius 3 is 2.60 bits per heavy atom. The Balaban J connectivity index is 1.63. The number of carbonyl (C=O) groups excluding carboxylic acids is 1. The summed E-state index contributed by atoms with van der Waals surface area (Å²) < 4.78 is 16.1. The first-order valence-electron chi connectivity index (χ1n) is 7.64. The molecule has 6 nitrogen and oxygen atoms in total. The molecule has 0 saturated heterocycles. The fourth-order valence-electron chi connectivity index (χ4n) is 2.10. The monoisotopic (exact) mass is 358 g/mol. The zero-order chi connectivity index (χ0) is 17.6. The van der Waals surface area contributed by atoms with Gasteiger partial charge < -0.3 is 13.9 Å². The molecule has 1 aromatic heterocycles. The van der Waals surface area contributed by atoms with Gasteiger partial charge in [-0.05, 0) is 43.3 Å². The maximum absolute atomic E-state index is 11.6. The lowest BCUT2D eigenvalue weighted by molar-refractivity contribution is 0.0526. The highest BCUT2D eigenvalue weighted by molar-refractivity contribution is 6.33. The average molecular weight is 359 g/mol. The van der Waals surface area contributed by atoms with E-state index in [1.165, 1.54) is 0 Å². The molecule has 3 rings (SSSR count). The van der Waals surface area contributed by atoms with E-state index in [-0.39, 0.29) is 12.6 Å². The van der Waals surface area contributed by atoms with Gasteiger partial charge in [-0.1, -0.05) is 23.7 Å². The van der Waals surface area contributed by atoms with Gasteiger partial charge in [-0.2, -0.15) is 0 Å². The maximum atomic E-state index is 11.6. The number of nitrogens with zero attached hydrogens (tertiary/aromatic N) is 2. The van der Waals surface area contributed by atoms with Gasteiger partial charge in [-0.3, -0.25) is 0 Å². The number of hydrogen-bond donors (Lipinski definition) is 0. The fraction of sp³-hybridized carbons (Fsp3) is 0.167. The quantitative estimate of drug-likeness (QED) is 0.616. The summed E-state index contributed by atoms with van der Waals surface area (Å²) in [5.74, 6) is 0.868. The summed E-state index contributed by atoms with van der Waals surface area (Å²) in [5.41, 5.74) is 1.13. The topological polar surface area (TPSA) is 74.5 Å². The number of ether oxygens (including phenoxy) is 2. The van der Waals surface area contributed by atoms with Gasteiger partial charge in [-0.15, -0.1) is 10.2 Å². The second-order valence-electron chi connectivity index (χ2n) is 5.01. The predicted octanol–water partition coefficient (Wildman–Crippen LogP) is 4.15. The molecule has 0 saturated carbocycles. The van der Waals surface area contributed by atoms with Gasteiger partial charge in [0.25, 0.3) is 5.89 Å². The maximum Gasteiger partial charge on any atom is 0.338 e. The summed E-state index contributed by atoms with van der Waals surface area (Å²) in [6.45, 7) is 2.20. The zero-order valence-corrected chi connectivity index (χ0v) is 14.2. The molecule has 128 valence electrons. The van der Waals surface area contributed by atoms with E-state index in [0.29, 0.717) is 40.3 Å². The molecule has 0 spiro atoms. The first-order chi connectivity index (χ1) is 12.2. The van der Waals surface area contributed by atoms with Crippen molar-refractivity contribution in [3.63, 3.8) is 0 Å². The van der Waals surface area contributed by atoms with Crippen LogP contribution in [0.4, 0.5) is 0 Å². The van der Waals surface area contributed by atoms with Crippen LogP contribution in [0.5, 0.6) is 5.75 Å². The average Bonchev–Trinajstić information content (AvgIpc) is 3.10. The van der Waals surface area contributed by atoms with Crippen LogP contribution in [0.3, 0.4) is 0 Å². The van der Waals surface area contributed by atoms with Crippen LogP contribution >= 0.6 is 11.6 Å². The summed E-state index contributed by atoms with van der Waals surface area (Å²) in [6, 6.07) is 13.8. The SMILES string of the molecule is CCOC(=O)c1ccc(OCc2nnc(-c3ccccc3Cl)o2)cc1. The Morgan fingerprint density at radius 2 is 1.88 bits per heavy atom. The van der Waals surface area contributed by atoms with Gasteiger partial charge in [0.1, 0.15) is 5.75 Å². The molecular weight excluding hydrogens is 344 g/mol. The third-order valence-electron chi connectivity index (χ3n) is 3.30. The van der Waals surface area contributed by atoms with Crippen molar-refractivity contribution in [3.05, 3.63) is 65.0 Å². The minimum Gasteiger partial charge on any atom is -0.484 e. The molecule has 7 heteroatoms. The first-order valence-corrected chi connectivity index (χ1v) is 8.02. The van der Waals surface area contributed by atoms with E-state index in [0.717, 1.165) is 0 Å². The van der Waals surface area contributed by atoms with Crippen molar-refractivity contribution < 1.29 is 18.7 Å².